The zero-order valence-corrected chi connectivity index (χ0v) is 10.3. The van der Waals surface area contributed by atoms with Crippen molar-refractivity contribution in [1.29, 1.82) is 0 Å². The third-order valence-electron chi connectivity index (χ3n) is 4.45. The fourth-order valence-corrected chi connectivity index (χ4v) is 3.11. The molecule has 0 radical (unpaired) electrons. The van der Waals surface area contributed by atoms with Crippen LogP contribution in [0.4, 0.5) is 0 Å². The summed E-state index contributed by atoms with van der Waals surface area (Å²) in [6.45, 7) is 11.5. The molecule has 0 heterocycles. The van der Waals surface area contributed by atoms with Gasteiger partial charge in [-0.3, -0.25) is 0 Å². The topological polar surface area (TPSA) is 20.2 Å². The Labute approximate surface area is 88.9 Å². The summed E-state index contributed by atoms with van der Waals surface area (Å²) in [5.74, 6) is 3.44. The van der Waals surface area contributed by atoms with Crippen molar-refractivity contribution >= 4 is 0 Å². The lowest BCUT2D eigenvalue weighted by Crippen LogP contribution is -2.40. The van der Waals surface area contributed by atoms with E-state index in [2.05, 4.69) is 34.6 Å². The third-order valence-corrected chi connectivity index (χ3v) is 4.45. The first-order valence-electron chi connectivity index (χ1n) is 6.13. The summed E-state index contributed by atoms with van der Waals surface area (Å²) in [4.78, 5) is 0. The molecule has 1 saturated carbocycles. The van der Waals surface area contributed by atoms with E-state index < -0.39 is 0 Å². The molecule has 0 amide bonds. The zero-order chi connectivity index (χ0) is 10.9. The molecule has 0 aromatic carbocycles. The average Bonchev–Trinajstić information content (AvgIpc) is 2.12. The summed E-state index contributed by atoms with van der Waals surface area (Å²) in [5, 5.41) is 9.90. The zero-order valence-electron chi connectivity index (χ0n) is 10.3. The lowest BCUT2D eigenvalue weighted by molar-refractivity contribution is -0.0147. The predicted octanol–water partition coefficient (Wildman–Crippen LogP) is 3.32. The van der Waals surface area contributed by atoms with Gasteiger partial charge in [0.1, 0.15) is 0 Å². The summed E-state index contributed by atoms with van der Waals surface area (Å²) in [5.41, 5.74) is 0. The van der Waals surface area contributed by atoms with Gasteiger partial charge in [0.25, 0.3) is 0 Å². The molecule has 0 aromatic heterocycles. The molecule has 1 aliphatic carbocycles. The van der Waals surface area contributed by atoms with Crippen molar-refractivity contribution in [2.24, 2.45) is 29.6 Å². The number of hydrogen-bond acceptors (Lipinski definition) is 1. The molecule has 0 saturated heterocycles. The summed E-state index contributed by atoms with van der Waals surface area (Å²) in [7, 11) is 0. The second-order valence-corrected chi connectivity index (χ2v) is 5.66. The van der Waals surface area contributed by atoms with E-state index in [4.69, 9.17) is 0 Å². The highest BCUT2D eigenvalue weighted by molar-refractivity contribution is 4.86. The van der Waals surface area contributed by atoms with Gasteiger partial charge in [0.2, 0.25) is 0 Å². The molecule has 1 heteroatoms. The van der Waals surface area contributed by atoms with Gasteiger partial charge in [-0.1, -0.05) is 34.6 Å². The van der Waals surface area contributed by atoms with Crippen molar-refractivity contribution in [2.45, 2.75) is 53.6 Å². The van der Waals surface area contributed by atoms with Crippen molar-refractivity contribution in [3.05, 3.63) is 0 Å². The maximum absolute atomic E-state index is 9.90. The fraction of sp³-hybridized carbons (Fsp3) is 1.00. The fourth-order valence-electron chi connectivity index (χ4n) is 3.11. The minimum absolute atomic E-state index is 0.0580. The molecule has 0 aromatic rings. The number of aliphatic hydroxyl groups is 1. The van der Waals surface area contributed by atoms with Crippen LogP contribution in [0.2, 0.25) is 0 Å². The van der Waals surface area contributed by atoms with E-state index in [-0.39, 0.29) is 6.10 Å². The van der Waals surface area contributed by atoms with E-state index in [1.54, 1.807) is 0 Å². The van der Waals surface area contributed by atoms with E-state index in [9.17, 15) is 5.11 Å². The molecule has 1 nitrogen and oxygen atoms in total. The first kappa shape index (κ1) is 12.0. The normalized spacial score (nSPS) is 41.4. The van der Waals surface area contributed by atoms with Crippen LogP contribution in [0.3, 0.4) is 0 Å². The Morgan fingerprint density at radius 1 is 1.07 bits per heavy atom. The largest absolute Gasteiger partial charge is 0.393 e. The van der Waals surface area contributed by atoms with Crippen LogP contribution in [0.5, 0.6) is 0 Å². The average molecular weight is 198 g/mol. The van der Waals surface area contributed by atoms with Crippen LogP contribution in [0.25, 0.3) is 0 Å². The second kappa shape index (κ2) is 4.65. The molecule has 1 fully saturated rings. The molecule has 0 aliphatic heterocycles. The second-order valence-electron chi connectivity index (χ2n) is 5.66. The van der Waals surface area contributed by atoms with Crippen LogP contribution in [0, 0.1) is 29.6 Å². The lowest BCUT2D eigenvalue weighted by atomic mass is 9.64. The van der Waals surface area contributed by atoms with Crippen LogP contribution < -0.4 is 0 Å². The number of aliphatic hydroxyl groups excluding tert-OH is 1. The quantitative estimate of drug-likeness (QED) is 0.721. The smallest absolute Gasteiger partial charge is 0.0568 e. The van der Waals surface area contributed by atoms with E-state index in [1.807, 2.05) is 0 Å². The van der Waals surface area contributed by atoms with Gasteiger partial charge in [-0.05, 0) is 42.4 Å². The number of rotatable bonds is 2. The van der Waals surface area contributed by atoms with Gasteiger partial charge in [-0.15, -0.1) is 0 Å². The minimum Gasteiger partial charge on any atom is -0.393 e. The molecular formula is C13H26O. The number of hydrogen-bond donors (Lipinski definition) is 1. The van der Waals surface area contributed by atoms with Crippen LogP contribution in [0.1, 0.15) is 47.5 Å². The molecule has 1 rings (SSSR count). The molecule has 14 heavy (non-hydrogen) atoms. The van der Waals surface area contributed by atoms with Gasteiger partial charge in [-0.25, -0.2) is 0 Å². The van der Waals surface area contributed by atoms with Gasteiger partial charge in [0.15, 0.2) is 0 Å². The highest BCUT2D eigenvalue weighted by Crippen LogP contribution is 2.41. The summed E-state index contributed by atoms with van der Waals surface area (Å²) in [6, 6.07) is 0. The van der Waals surface area contributed by atoms with Crippen LogP contribution in [-0.2, 0) is 0 Å². The van der Waals surface area contributed by atoms with Gasteiger partial charge in [-0.2, -0.15) is 0 Å². The van der Waals surface area contributed by atoms with Gasteiger partial charge in [0, 0.05) is 0 Å². The van der Waals surface area contributed by atoms with E-state index in [0.717, 1.165) is 24.2 Å². The van der Waals surface area contributed by atoms with Crippen LogP contribution >= 0.6 is 0 Å². The maximum Gasteiger partial charge on any atom is 0.0568 e. The monoisotopic (exact) mass is 198 g/mol. The Morgan fingerprint density at radius 2 is 1.64 bits per heavy atom. The Morgan fingerprint density at radius 3 is 2.14 bits per heavy atom. The summed E-state index contributed by atoms with van der Waals surface area (Å²) in [6.07, 6.45) is 2.15. The standard InChI is InChI=1S/C13H26O/c1-8(2)10(4)13-9(3)6-7-12(14)11(13)5/h8-14H,6-7H2,1-5H3. The first-order valence-corrected chi connectivity index (χ1v) is 6.13. The van der Waals surface area contributed by atoms with Crippen molar-refractivity contribution in [1.82, 2.24) is 0 Å². The van der Waals surface area contributed by atoms with Crippen LogP contribution in [-0.4, -0.2) is 11.2 Å². The molecule has 5 atom stereocenters. The molecular weight excluding hydrogens is 172 g/mol. The minimum atomic E-state index is -0.0580. The summed E-state index contributed by atoms with van der Waals surface area (Å²) < 4.78 is 0. The van der Waals surface area contributed by atoms with Gasteiger partial charge >= 0.3 is 0 Å². The van der Waals surface area contributed by atoms with Gasteiger partial charge < -0.3 is 5.11 Å². The highest BCUT2D eigenvalue weighted by Gasteiger charge is 2.37. The Bertz CT molecular complexity index is 172. The van der Waals surface area contributed by atoms with Crippen molar-refractivity contribution in [3.63, 3.8) is 0 Å². The SMILES string of the molecule is CC(C)C(C)C1C(C)CCC(O)C1C. The lowest BCUT2D eigenvalue weighted by Gasteiger charge is -2.42. The van der Waals surface area contributed by atoms with Crippen LogP contribution in [0.15, 0.2) is 0 Å². The molecule has 1 N–H and O–H groups in total. The molecule has 5 unspecified atom stereocenters. The van der Waals surface area contributed by atoms with E-state index in [1.165, 1.54) is 6.42 Å². The van der Waals surface area contributed by atoms with E-state index in [0.29, 0.717) is 11.8 Å². The van der Waals surface area contributed by atoms with Crippen molar-refractivity contribution in [3.8, 4) is 0 Å². The van der Waals surface area contributed by atoms with Gasteiger partial charge in [0.05, 0.1) is 6.10 Å². The third kappa shape index (κ3) is 2.31. The molecule has 0 spiro atoms. The molecule has 1 aliphatic rings. The Balaban J connectivity index is 2.71. The molecule has 0 bridgehead atoms. The maximum atomic E-state index is 9.90. The Kier molecular flexibility index (Phi) is 4.00. The predicted molar refractivity (Wildman–Crippen MR) is 61.1 cm³/mol. The Hall–Kier alpha value is -0.0400. The van der Waals surface area contributed by atoms with Crippen molar-refractivity contribution in [2.75, 3.05) is 0 Å². The highest BCUT2D eigenvalue weighted by atomic mass is 16.3. The van der Waals surface area contributed by atoms with Crippen molar-refractivity contribution < 1.29 is 5.11 Å². The summed E-state index contributed by atoms with van der Waals surface area (Å²) >= 11 is 0. The first-order chi connectivity index (χ1) is 6.45. The molecule has 84 valence electrons. The van der Waals surface area contributed by atoms with E-state index >= 15 is 0 Å².